The van der Waals surface area contributed by atoms with Crippen molar-refractivity contribution in [2.24, 2.45) is 5.92 Å². The second-order valence-corrected chi connectivity index (χ2v) is 5.24. The monoisotopic (exact) mass is 237 g/mol. The molecular formula is C14H20FNO. The quantitative estimate of drug-likeness (QED) is 0.798. The third-order valence-corrected chi connectivity index (χ3v) is 3.24. The van der Waals surface area contributed by atoms with Crippen LogP contribution in [0.1, 0.15) is 25.3 Å². The molecule has 0 amide bonds. The number of hydrogen-bond acceptors (Lipinski definition) is 2. The molecular weight excluding hydrogens is 217 g/mol. The first-order valence-corrected chi connectivity index (χ1v) is 6.17. The van der Waals surface area contributed by atoms with Crippen molar-refractivity contribution in [1.29, 1.82) is 0 Å². The average Bonchev–Trinajstić information content (AvgIpc) is 2.24. The van der Waals surface area contributed by atoms with Gasteiger partial charge in [-0.15, -0.1) is 0 Å². The molecule has 0 saturated carbocycles. The molecule has 2 nitrogen and oxygen atoms in total. The van der Waals surface area contributed by atoms with Crippen molar-refractivity contribution in [1.82, 2.24) is 4.90 Å². The molecule has 0 bridgehead atoms. The largest absolute Gasteiger partial charge is 0.490 e. The second-order valence-electron chi connectivity index (χ2n) is 5.24. The van der Waals surface area contributed by atoms with Gasteiger partial charge in [-0.25, -0.2) is 4.39 Å². The summed E-state index contributed by atoms with van der Waals surface area (Å²) in [4.78, 5) is 2.23. The fourth-order valence-electron chi connectivity index (χ4n) is 2.13. The lowest BCUT2D eigenvalue weighted by molar-refractivity contribution is 0.0840. The average molecular weight is 237 g/mol. The molecule has 0 radical (unpaired) electrons. The molecule has 2 rings (SSSR count). The SMILES string of the molecule is CC(C)c1ccc(F)c(OCC2CN(C)C2)c1. The molecule has 94 valence electrons. The van der Waals surface area contributed by atoms with E-state index in [-0.39, 0.29) is 5.82 Å². The van der Waals surface area contributed by atoms with Crippen LogP contribution in [-0.4, -0.2) is 31.6 Å². The summed E-state index contributed by atoms with van der Waals surface area (Å²) in [5.41, 5.74) is 1.12. The van der Waals surface area contributed by atoms with Crippen LogP contribution in [0, 0.1) is 11.7 Å². The first kappa shape index (κ1) is 12.4. The fraction of sp³-hybridized carbons (Fsp3) is 0.571. The van der Waals surface area contributed by atoms with Gasteiger partial charge in [0, 0.05) is 19.0 Å². The van der Waals surface area contributed by atoms with E-state index in [0.717, 1.165) is 18.7 Å². The van der Waals surface area contributed by atoms with Crippen molar-refractivity contribution in [3.63, 3.8) is 0 Å². The molecule has 17 heavy (non-hydrogen) atoms. The maximum absolute atomic E-state index is 13.5. The van der Waals surface area contributed by atoms with E-state index >= 15 is 0 Å². The highest BCUT2D eigenvalue weighted by atomic mass is 19.1. The Kier molecular flexibility index (Phi) is 3.67. The van der Waals surface area contributed by atoms with Crippen LogP contribution in [0.25, 0.3) is 0 Å². The van der Waals surface area contributed by atoms with Crippen molar-refractivity contribution in [2.75, 3.05) is 26.7 Å². The Morgan fingerprint density at radius 3 is 2.71 bits per heavy atom. The van der Waals surface area contributed by atoms with E-state index in [2.05, 4.69) is 25.8 Å². The number of rotatable bonds is 4. The molecule has 1 aromatic rings. The minimum atomic E-state index is -0.262. The van der Waals surface area contributed by atoms with E-state index in [1.165, 1.54) is 6.07 Å². The van der Waals surface area contributed by atoms with Crippen molar-refractivity contribution in [3.05, 3.63) is 29.6 Å². The topological polar surface area (TPSA) is 12.5 Å². The Bertz CT molecular complexity index is 386. The lowest BCUT2D eigenvalue weighted by Crippen LogP contribution is -2.46. The summed E-state index contributed by atoms with van der Waals surface area (Å²) in [5, 5.41) is 0. The third kappa shape index (κ3) is 2.97. The van der Waals surface area contributed by atoms with Crippen molar-refractivity contribution >= 4 is 0 Å². The van der Waals surface area contributed by atoms with Gasteiger partial charge >= 0.3 is 0 Å². The standard InChI is InChI=1S/C14H20FNO/c1-10(2)12-4-5-13(15)14(6-12)17-9-11-7-16(3)8-11/h4-6,10-11H,7-9H2,1-3H3. The first-order chi connectivity index (χ1) is 8.06. The molecule has 1 aromatic carbocycles. The van der Waals surface area contributed by atoms with Crippen LogP contribution in [0.3, 0.4) is 0 Å². The van der Waals surface area contributed by atoms with Crippen LogP contribution in [0.2, 0.25) is 0 Å². The van der Waals surface area contributed by atoms with Gasteiger partial charge < -0.3 is 9.64 Å². The zero-order valence-corrected chi connectivity index (χ0v) is 10.7. The molecule has 1 heterocycles. The van der Waals surface area contributed by atoms with Gasteiger partial charge in [0.1, 0.15) is 0 Å². The summed E-state index contributed by atoms with van der Waals surface area (Å²) in [5.74, 6) is 1.07. The van der Waals surface area contributed by atoms with Crippen LogP contribution in [-0.2, 0) is 0 Å². The molecule has 0 unspecified atom stereocenters. The predicted octanol–water partition coefficient (Wildman–Crippen LogP) is 2.89. The number of halogens is 1. The molecule has 0 aliphatic carbocycles. The Balaban J connectivity index is 1.96. The van der Waals surface area contributed by atoms with Gasteiger partial charge in [0.2, 0.25) is 0 Å². The number of nitrogens with zero attached hydrogens (tertiary/aromatic N) is 1. The van der Waals surface area contributed by atoms with E-state index in [4.69, 9.17) is 4.74 Å². The fourth-order valence-corrected chi connectivity index (χ4v) is 2.13. The maximum atomic E-state index is 13.5. The van der Waals surface area contributed by atoms with E-state index in [1.807, 2.05) is 12.1 Å². The zero-order chi connectivity index (χ0) is 12.4. The highest BCUT2D eigenvalue weighted by Gasteiger charge is 2.24. The van der Waals surface area contributed by atoms with E-state index in [9.17, 15) is 4.39 Å². The third-order valence-electron chi connectivity index (χ3n) is 3.24. The number of benzene rings is 1. The van der Waals surface area contributed by atoms with Gasteiger partial charge in [-0.3, -0.25) is 0 Å². The first-order valence-electron chi connectivity index (χ1n) is 6.17. The molecule has 1 aliphatic heterocycles. The Hall–Kier alpha value is -1.09. The van der Waals surface area contributed by atoms with Crippen LogP contribution in [0.4, 0.5) is 4.39 Å². The summed E-state index contributed by atoms with van der Waals surface area (Å²) in [6.45, 7) is 6.90. The number of hydrogen-bond donors (Lipinski definition) is 0. The molecule has 1 fully saturated rings. The van der Waals surface area contributed by atoms with Crippen LogP contribution in [0.5, 0.6) is 5.75 Å². The summed E-state index contributed by atoms with van der Waals surface area (Å²) >= 11 is 0. The van der Waals surface area contributed by atoms with Crippen LogP contribution in [0.15, 0.2) is 18.2 Å². The van der Waals surface area contributed by atoms with E-state index in [1.54, 1.807) is 0 Å². The molecule has 1 aliphatic rings. The van der Waals surface area contributed by atoms with Crippen LogP contribution >= 0.6 is 0 Å². The Morgan fingerprint density at radius 1 is 1.41 bits per heavy atom. The van der Waals surface area contributed by atoms with E-state index in [0.29, 0.717) is 24.2 Å². The molecule has 0 N–H and O–H groups in total. The lowest BCUT2D eigenvalue weighted by atomic mass is 10.0. The van der Waals surface area contributed by atoms with Gasteiger partial charge in [-0.05, 0) is 30.7 Å². The summed E-state index contributed by atoms with van der Waals surface area (Å²) in [6.07, 6.45) is 0. The lowest BCUT2D eigenvalue weighted by Gasteiger charge is -2.35. The normalized spacial score (nSPS) is 17.2. The summed E-state index contributed by atoms with van der Waals surface area (Å²) in [6, 6.07) is 5.14. The minimum Gasteiger partial charge on any atom is -0.490 e. The number of likely N-dealkylation sites (tertiary alicyclic amines) is 1. The highest BCUT2D eigenvalue weighted by molar-refractivity contribution is 5.32. The smallest absolute Gasteiger partial charge is 0.165 e. The molecule has 0 spiro atoms. The van der Waals surface area contributed by atoms with Gasteiger partial charge in [0.25, 0.3) is 0 Å². The second kappa shape index (κ2) is 5.05. The van der Waals surface area contributed by atoms with Crippen molar-refractivity contribution < 1.29 is 9.13 Å². The highest BCUT2D eigenvalue weighted by Crippen LogP contribution is 2.25. The molecule has 0 aromatic heterocycles. The Morgan fingerprint density at radius 2 is 2.12 bits per heavy atom. The molecule has 3 heteroatoms. The van der Waals surface area contributed by atoms with E-state index < -0.39 is 0 Å². The minimum absolute atomic E-state index is 0.262. The summed E-state index contributed by atoms with van der Waals surface area (Å²) in [7, 11) is 2.08. The van der Waals surface area contributed by atoms with Gasteiger partial charge in [0.05, 0.1) is 6.61 Å². The predicted molar refractivity (Wildman–Crippen MR) is 67.0 cm³/mol. The number of ether oxygens (including phenoxy) is 1. The van der Waals surface area contributed by atoms with Gasteiger partial charge in [-0.2, -0.15) is 0 Å². The molecule has 1 saturated heterocycles. The van der Waals surface area contributed by atoms with Crippen molar-refractivity contribution in [2.45, 2.75) is 19.8 Å². The van der Waals surface area contributed by atoms with Crippen molar-refractivity contribution in [3.8, 4) is 5.75 Å². The van der Waals surface area contributed by atoms with Crippen LogP contribution < -0.4 is 4.74 Å². The zero-order valence-electron chi connectivity index (χ0n) is 10.7. The maximum Gasteiger partial charge on any atom is 0.165 e. The molecule has 0 atom stereocenters. The Labute approximate surface area is 102 Å². The summed E-state index contributed by atoms with van der Waals surface area (Å²) < 4.78 is 19.1. The van der Waals surface area contributed by atoms with Gasteiger partial charge in [-0.1, -0.05) is 19.9 Å². The van der Waals surface area contributed by atoms with Gasteiger partial charge in [0.15, 0.2) is 11.6 Å².